The Bertz CT molecular complexity index is 426. The number of benzene rings is 1. The maximum atomic E-state index is 9.63. The maximum Gasteiger partial charge on any atom is 0.0897 e. The number of halogens is 2. The lowest BCUT2D eigenvalue weighted by molar-refractivity contribution is 0.0627. The lowest BCUT2D eigenvalue weighted by Crippen LogP contribution is -2.32. The number of aliphatic hydroxyl groups excluding tert-OH is 1. The SMILES string of the molecule is COCC(O)CNC1CCc2c(Cl)cc(Cl)cc21. The Morgan fingerprint density at radius 3 is 3.00 bits per heavy atom. The van der Waals surface area contributed by atoms with Crippen molar-refractivity contribution < 1.29 is 9.84 Å². The Kier molecular flexibility index (Phi) is 4.87. The van der Waals surface area contributed by atoms with E-state index >= 15 is 0 Å². The third kappa shape index (κ3) is 3.16. The van der Waals surface area contributed by atoms with Crippen LogP contribution in [0, 0.1) is 0 Å². The van der Waals surface area contributed by atoms with Crippen LogP contribution in [-0.4, -0.2) is 31.5 Å². The van der Waals surface area contributed by atoms with Crippen LogP contribution < -0.4 is 5.32 Å². The predicted octanol–water partition coefficient (Wildman–Crippen LogP) is 2.58. The molecule has 100 valence electrons. The first-order chi connectivity index (χ1) is 8.61. The number of hydrogen-bond acceptors (Lipinski definition) is 3. The van der Waals surface area contributed by atoms with E-state index in [4.69, 9.17) is 27.9 Å². The van der Waals surface area contributed by atoms with Crippen LogP contribution >= 0.6 is 23.2 Å². The zero-order valence-electron chi connectivity index (χ0n) is 10.2. The summed E-state index contributed by atoms with van der Waals surface area (Å²) in [5, 5.41) is 14.3. The van der Waals surface area contributed by atoms with Gasteiger partial charge in [0.05, 0.1) is 12.7 Å². The van der Waals surface area contributed by atoms with Crippen LogP contribution in [0.3, 0.4) is 0 Å². The van der Waals surface area contributed by atoms with E-state index in [1.165, 1.54) is 5.56 Å². The summed E-state index contributed by atoms with van der Waals surface area (Å²) < 4.78 is 4.89. The van der Waals surface area contributed by atoms with Gasteiger partial charge in [-0.1, -0.05) is 23.2 Å². The summed E-state index contributed by atoms with van der Waals surface area (Å²) in [6.45, 7) is 0.838. The lowest BCUT2D eigenvalue weighted by atomic mass is 10.1. The van der Waals surface area contributed by atoms with Crippen molar-refractivity contribution in [3.05, 3.63) is 33.3 Å². The van der Waals surface area contributed by atoms with Crippen LogP contribution in [-0.2, 0) is 11.2 Å². The number of rotatable bonds is 5. The standard InChI is InChI=1S/C13H17Cl2NO2/c1-18-7-9(17)6-16-13-3-2-10-11(13)4-8(14)5-12(10)15/h4-5,9,13,16-17H,2-3,6-7H2,1H3. The number of nitrogens with one attached hydrogen (secondary N) is 1. The van der Waals surface area contributed by atoms with Crippen molar-refractivity contribution in [3.8, 4) is 0 Å². The van der Waals surface area contributed by atoms with E-state index in [0.29, 0.717) is 18.2 Å². The normalized spacial score (nSPS) is 19.9. The van der Waals surface area contributed by atoms with Crippen LogP contribution in [0.15, 0.2) is 12.1 Å². The molecule has 0 radical (unpaired) electrons. The van der Waals surface area contributed by atoms with Gasteiger partial charge in [-0.25, -0.2) is 0 Å². The molecule has 2 unspecified atom stereocenters. The molecular weight excluding hydrogens is 273 g/mol. The average molecular weight is 290 g/mol. The number of fused-ring (bicyclic) bond motifs is 1. The molecule has 2 rings (SSSR count). The molecule has 0 bridgehead atoms. The number of methoxy groups -OCH3 is 1. The van der Waals surface area contributed by atoms with Crippen molar-refractivity contribution in [2.75, 3.05) is 20.3 Å². The quantitative estimate of drug-likeness (QED) is 0.875. The van der Waals surface area contributed by atoms with Gasteiger partial charge in [-0.3, -0.25) is 0 Å². The molecule has 5 heteroatoms. The minimum Gasteiger partial charge on any atom is -0.389 e. The first kappa shape index (κ1) is 14.1. The summed E-state index contributed by atoms with van der Waals surface area (Å²) in [5.41, 5.74) is 2.32. The topological polar surface area (TPSA) is 41.5 Å². The molecule has 0 saturated heterocycles. The number of ether oxygens (including phenoxy) is 1. The summed E-state index contributed by atoms with van der Waals surface area (Å²) in [6.07, 6.45) is 1.44. The molecule has 0 spiro atoms. The zero-order chi connectivity index (χ0) is 13.1. The molecule has 0 aliphatic heterocycles. The highest BCUT2D eigenvalue weighted by molar-refractivity contribution is 6.35. The van der Waals surface area contributed by atoms with Crippen LogP contribution in [0.25, 0.3) is 0 Å². The zero-order valence-corrected chi connectivity index (χ0v) is 11.8. The van der Waals surface area contributed by atoms with Gasteiger partial charge in [-0.15, -0.1) is 0 Å². The molecule has 0 heterocycles. The van der Waals surface area contributed by atoms with Gasteiger partial charge in [0, 0.05) is 29.7 Å². The van der Waals surface area contributed by atoms with Crippen LogP contribution in [0.2, 0.25) is 10.0 Å². The summed E-state index contributed by atoms with van der Waals surface area (Å²) in [5.74, 6) is 0. The fraction of sp³-hybridized carbons (Fsp3) is 0.538. The summed E-state index contributed by atoms with van der Waals surface area (Å²) in [6, 6.07) is 3.95. The van der Waals surface area contributed by atoms with E-state index in [0.717, 1.165) is 23.4 Å². The second-order valence-corrected chi connectivity index (χ2v) is 5.41. The largest absolute Gasteiger partial charge is 0.389 e. The Morgan fingerprint density at radius 2 is 2.28 bits per heavy atom. The molecule has 0 amide bonds. The second-order valence-electron chi connectivity index (χ2n) is 4.56. The van der Waals surface area contributed by atoms with Gasteiger partial charge in [0.25, 0.3) is 0 Å². The van der Waals surface area contributed by atoms with Crippen molar-refractivity contribution in [3.63, 3.8) is 0 Å². The van der Waals surface area contributed by atoms with Gasteiger partial charge in [0.1, 0.15) is 0 Å². The first-order valence-corrected chi connectivity index (χ1v) is 6.75. The van der Waals surface area contributed by atoms with Crippen molar-refractivity contribution in [1.29, 1.82) is 0 Å². The first-order valence-electron chi connectivity index (χ1n) is 6.00. The van der Waals surface area contributed by atoms with Crippen LogP contribution in [0.1, 0.15) is 23.6 Å². The van der Waals surface area contributed by atoms with E-state index in [9.17, 15) is 5.11 Å². The molecule has 18 heavy (non-hydrogen) atoms. The third-order valence-corrected chi connectivity index (χ3v) is 3.77. The molecule has 1 aliphatic carbocycles. The summed E-state index contributed by atoms with van der Waals surface area (Å²) >= 11 is 12.2. The van der Waals surface area contributed by atoms with E-state index in [1.54, 1.807) is 13.2 Å². The smallest absolute Gasteiger partial charge is 0.0897 e. The lowest BCUT2D eigenvalue weighted by Gasteiger charge is -2.17. The Hall–Kier alpha value is -0.320. The molecule has 3 nitrogen and oxygen atoms in total. The van der Waals surface area contributed by atoms with Crippen molar-refractivity contribution in [1.82, 2.24) is 5.32 Å². The monoisotopic (exact) mass is 289 g/mol. The molecule has 1 aliphatic rings. The Morgan fingerprint density at radius 1 is 1.50 bits per heavy atom. The average Bonchev–Trinajstić information content (AvgIpc) is 2.70. The van der Waals surface area contributed by atoms with Gasteiger partial charge >= 0.3 is 0 Å². The van der Waals surface area contributed by atoms with Gasteiger partial charge in [0.2, 0.25) is 0 Å². The van der Waals surface area contributed by atoms with E-state index in [1.807, 2.05) is 6.07 Å². The van der Waals surface area contributed by atoms with Gasteiger partial charge in [0.15, 0.2) is 0 Å². The molecule has 1 aromatic carbocycles. The summed E-state index contributed by atoms with van der Waals surface area (Å²) in [7, 11) is 1.58. The molecule has 0 fully saturated rings. The van der Waals surface area contributed by atoms with Crippen molar-refractivity contribution in [2.45, 2.75) is 25.0 Å². The van der Waals surface area contributed by atoms with Crippen LogP contribution in [0.4, 0.5) is 0 Å². The third-order valence-electron chi connectivity index (χ3n) is 3.21. The molecule has 0 aromatic heterocycles. The Balaban J connectivity index is 2.03. The fourth-order valence-corrected chi connectivity index (χ4v) is 2.99. The minimum absolute atomic E-state index is 0.211. The van der Waals surface area contributed by atoms with E-state index < -0.39 is 6.10 Å². The highest BCUT2D eigenvalue weighted by Gasteiger charge is 2.25. The van der Waals surface area contributed by atoms with E-state index in [2.05, 4.69) is 5.32 Å². The van der Waals surface area contributed by atoms with E-state index in [-0.39, 0.29) is 6.04 Å². The second kappa shape index (κ2) is 6.22. The van der Waals surface area contributed by atoms with Crippen LogP contribution in [0.5, 0.6) is 0 Å². The number of aliphatic hydroxyl groups is 1. The summed E-state index contributed by atoms with van der Waals surface area (Å²) in [4.78, 5) is 0. The number of hydrogen-bond donors (Lipinski definition) is 2. The highest BCUT2D eigenvalue weighted by atomic mass is 35.5. The van der Waals surface area contributed by atoms with Gasteiger partial charge in [-0.2, -0.15) is 0 Å². The fourth-order valence-electron chi connectivity index (χ4n) is 2.38. The molecule has 2 N–H and O–H groups in total. The highest BCUT2D eigenvalue weighted by Crippen LogP contribution is 2.37. The van der Waals surface area contributed by atoms with Gasteiger partial charge in [-0.05, 0) is 36.1 Å². The Labute approximate surface area is 117 Å². The van der Waals surface area contributed by atoms with Crippen molar-refractivity contribution in [2.24, 2.45) is 0 Å². The maximum absolute atomic E-state index is 9.63. The predicted molar refractivity (Wildman–Crippen MR) is 73.4 cm³/mol. The molecule has 0 saturated carbocycles. The molecule has 1 aromatic rings. The van der Waals surface area contributed by atoms with Crippen molar-refractivity contribution >= 4 is 23.2 Å². The molecular formula is C13H17Cl2NO2. The minimum atomic E-state index is -0.492. The molecule has 2 atom stereocenters. The van der Waals surface area contributed by atoms with Gasteiger partial charge < -0.3 is 15.2 Å².